The molecule has 22 nitrogen and oxygen atoms in total. The van der Waals surface area contributed by atoms with E-state index in [9.17, 15) is 0 Å². The molecule has 0 aliphatic heterocycles. The van der Waals surface area contributed by atoms with Crippen LogP contribution in [0.2, 0.25) is 0 Å². The van der Waals surface area contributed by atoms with Gasteiger partial charge in [0, 0.05) is 34.1 Å². The normalized spacial score (nSPS) is 6.44. The fourth-order valence-electron chi connectivity index (χ4n) is 0. The second kappa shape index (κ2) is 50.2. The second-order valence-corrected chi connectivity index (χ2v) is 4.03. The molecule has 0 unspecified atom stereocenters. The molecule has 27 N–H and O–H groups in total. The first kappa shape index (κ1) is 125. The SMILES string of the molecule is N.O.O.O.O.O.O.O.O.O.O=S(=O)(O)O.O=S(=O)(O)O.O=S(=O)(O)O.[Fe].[Fe]. The zero-order valence-corrected chi connectivity index (χ0v) is 16.9. The van der Waals surface area contributed by atoms with Gasteiger partial charge >= 0.3 is 31.2 Å². The summed E-state index contributed by atoms with van der Waals surface area (Å²) in [4.78, 5) is 0. The molecule has 0 radical (unpaired) electrons. The van der Waals surface area contributed by atoms with Crippen molar-refractivity contribution in [3.8, 4) is 0 Å². The summed E-state index contributed by atoms with van der Waals surface area (Å²) < 4.78 is 94.8. The zero-order valence-electron chi connectivity index (χ0n) is 12.3. The summed E-state index contributed by atoms with van der Waals surface area (Å²) in [6.45, 7) is 0. The van der Waals surface area contributed by atoms with E-state index in [0.29, 0.717) is 0 Å². The van der Waals surface area contributed by atoms with E-state index in [4.69, 9.17) is 52.6 Å². The molecule has 0 aromatic heterocycles. The Morgan fingerprint density at radius 2 is 0.333 bits per heavy atom. The monoisotopic (exact) mass is 585 g/mol. The van der Waals surface area contributed by atoms with Crippen molar-refractivity contribution in [3.05, 3.63) is 0 Å². The van der Waals surface area contributed by atoms with Crippen LogP contribution < -0.4 is 6.15 Å². The van der Waals surface area contributed by atoms with Gasteiger partial charge in [0.15, 0.2) is 0 Å². The predicted octanol–water partition coefficient (Wildman–Crippen LogP) is -9.22. The molecule has 0 aliphatic carbocycles. The summed E-state index contributed by atoms with van der Waals surface area (Å²) >= 11 is 0. The van der Waals surface area contributed by atoms with E-state index in [1.807, 2.05) is 0 Å². The molecular formula is H27Fe2NO21S3. The molecule has 0 bridgehead atoms. The van der Waals surface area contributed by atoms with Gasteiger partial charge in [0.1, 0.15) is 0 Å². The summed E-state index contributed by atoms with van der Waals surface area (Å²) in [5.74, 6) is 0. The fourth-order valence-corrected chi connectivity index (χ4v) is 0. The minimum Gasteiger partial charge on any atom is -0.412 e. The largest absolute Gasteiger partial charge is 0.412 e. The maximum atomic E-state index is 8.74. The van der Waals surface area contributed by atoms with Crippen LogP contribution in [0.5, 0.6) is 0 Å². The molecule has 27 heteroatoms. The van der Waals surface area contributed by atoms with Gasteiger partial charge in [-0.3, -0.25) is 27.3 Å². The predicted molar refractivity (Wildman–Crippen MR) is 80.1 cm³/mol. The Kier molecular flexibility index (Phi) is 233. The first-order valence-electron chi connectivity index (χ1n) is 2.10. The fraction of sp³-hybridized carbons (Fsp3) is 0. The van der Waals surface area contributed by atoms with E-state index in [0.717, 1.165) is 0 Å². The van der Waals surface area contributed by atoms with Crippen LogP contribution in [0.3, 0.4) is 0 Å². The molecule has 0 spiro atoms. The van der Waals surface area contributed by atoms with Crippen molar-refractivity contribution in [1.29, 1.82) is 0 Å². The molecule has 0 heterocycles. The summed E-state index contributed by atoms with van der Waals surface area (Å²) in [5.41, 5.74) is 0. The Bertz CT molecular complexity index is 350. The van der Waals surface area contributed by atoms with Crippen LogP contribution >= 0.6 is 0 Å². The van der Waals surface area contributed by atoms with Crippen molar-refractivity contribution >= 4 is 31.2 Å². The molecule has 0 atom stereocenters. The maximum absolute atomic E-state index is 8.74. The van der Waals surface area contributed by atoms with Crippen molar-refractivity contribution in [2.45, 2.75) is 0 Å². The number of hydrogen-bond acceptors (Lipinski definition) is 7. The third kappa shape index (κ3) is 249000. The van der Waals surface area contributed by atoms with Crippen LogP contribution in [-0.4, -0.2) is 102 Å². The summed E-state index contributed by atoms with van der Waals surface area (Å²) in [6, 6.07) is 0. The minimum atomic E-state index is -4.67. The standard InChI is InChI=1S/2Fe.H3N.3H2O4S.9H2O/c;;;3*1-5(2,3)4;;;;;;;;;/h;;1H3;3*(H2,1,2,3,4);9*1H2. The van der Waals surface area contributed by atoms with E-state index in [1.165, 1.54) is 0 Å². The summed E-state index contributed by atoms with van der Waals surface area (Å²) in [7, 11) is -14.0. The van der Waals surface area contributed by atoms with Gasteiger partial charge in [-0.05, 0) is 0 Å². The van der Waals surface area contributed by atoms with Gasteiger partial charge in [0.25, 0.3) is 0 Å². The molecule has 0 rings (SSSR count). The Labute approximate surface area is 173 Å². The van der Waals surface area contributed by atoms with E-state index in [1.54, 1.807) is 0 Å². The molecule has 0 aromatic rings. The van der Waals surface area contributed by atoms with Gasteiger partial charge in [-0.25, -0.2) is 0 Å². The zero-order chi connectivity index (χ0) is 13.5. The molecule has 0 aromatic carbocycles. The van der Waals surface area contributed by atoms with Gasteiger partial charge in [0.2, 0.25) is 0 Å². The Balaban J connectivity index is -0.00000000503. The summed E-state index contributed by atoms with van der Waals surface area (Å²) in [6.07, 6.45) is 0. The third-order valence-corrected chi connectivity index (χ3v) is 0. The topological polar surface area (TPSA) is 542 Å². The van der Waals surface area contributed by atoms with Crippen molar-refractivity contribution in [3.63, 3.8) is 0 Å². The van der Waals surface area contributed by atoms with Crippen molar-refractivity contribution in [2.24, 2.45) is 0 Å². The van der Waals surface area contributed by atoms with Crippen molar-refractivity contribution < 1.29 is 136 Å². The molecule has 27 heavy (non-hydrogen) atoms. The van der Waals surface area contributed by atoms with Crippen LogP contribution in [0, 0.1) is 0 Å². The first-order valence-corrected chi connectivity index (χ1v) is 6.29. The molecule has 0 saturated heterocycles. The van der Waals surface area contributed by atoms with Gasteiger partial charge < -0.3 is 55.4 Å². The molecule has 0 amide bonds. The van der Waals surface area contributed by atoms with Gasteiger partial charge in [-0.15, -0.1) is 0 Å². The van der Waals surface area contributed by atoms with Gasteiger partial charge in [-0.1, -0.05) is 0 Å². The number of hydrogen-bond donors (Lipinski definition) is 7. The average molecular weight is 585 g/mol. The van der Waals surface area contributed by atoms with Gasteiger partial charge in [0.05, 0.1) is 0 Å². The van der Waals surface area contributed by atoms with Crippen molar-refractivity contribution in [2.75, 3.05) is 0 Å². The Morgan fingerprint density at radius 3 is 0.333 bits per heavy atom. The molecule has 0 saturated carbocycles. The van der Waals surface area contributed by atoms with Crippen LogP contribution in [0.1, 0.15) is 0 Å². The van der Waals surface area contributed by atoms with Crippen LogP contribution in [0.25, 0.3) is 0 Å². The molecule has 0 fully saturated rings. The van der Waals surface area contributed by atoms with E-state index < -0.39 is 31.2 Å². The third-order valence-electron chi connectivity index (χ3n) is 0. The van der Waals surface area contributed by atoms with E-state index in [-0.39, 0.29) is 89.6 Å². The van der Waals surface area contributed by atoms with Crippen LogP contribution in [-0.2, 0) is 65.3 Å². The molecule has 0 aliphatic rings. The quantitative estimate of drug-likeness (QED) is 0.103. The maximum Gasteiger partial charge on any atom is 0.394 e. The smallest absolute Gasteiger partial charge is 0.394 e. The number of rotatable bonds is 0. The van der Waals surface area contributed by atoms with E-state index in [2.05, 4.69) is 0 Å². The van der Waals surface area contributed by atoms with Gasteiger partial charge in [-0.2, -0.15) is 25.3 Å². The van der Waals surface area contributed by atoms with Crippen molar-refractivity contribution in [1.82, 2.24) is 6.15 Å². The van der Waals surface area contributed by atoms with E-state index >= 15 is 0 Å². The first-order chi connectivity index (χ1) is 6.00. The average Bonchev–Trinajstić information content (AvgIpc) is 1.41. The Morgan fingerprint density at radius 1 is 0.333 bits per heavy atom. The Hall–Kier alpha value is 0.249. The molecule has 192 valence electrons. The second-order valence-electron chi connectivity index (χ2n) is 1.34. The van der Waals surface area contributed by atoms with Crippen LogP contribution in [0.15, 0.2) is 0 Å². The summed E-state index contributed by atoms with van der Waals surface area (Å²) in [5, 5.41) is 0. The minimum absolute atomic E-state index is 0. The molecular weight excluding hydrogens is 558 g/mol. The van der Waals surface area contributed by atoms with Crippen LogP contribution in [0.4, 0.5) is 0 Å².